The number of nitrogens with zero attached hydrogens (tertiary/aromatic N) is 2. The highest BCUT2D eigenvalue weighted by molar-refractivity contribution is 7.33. The summed E-state index contributed by atoms with van der Waals surface area (Å²) < 4.78 is 11.8. The van der Waals surface area contributed by atoms with Gasteiger partial charge in [0.15, 0.2) is 0 Å². The molecule has 246 valence electrons. The monoisotopic (exact) mass is 676 g/mol. The zero-order chi connectivity index (χ0) is 34.6. The predicted octanol–water partition coefficient (Wildman–Crippen LogP) is 11.1. The summed E-state index contributed by atoms with van der Waals surface area (Å²) in [5.41, 5.74) is 15.0. The molecule has 0 saturated heterocycles. The van der Waals surface area contributed by atoms with E-state index in [0.29, 0.717) is 0 Å². The van der Waals surface area contributed by atoms with Crippen molar-refractivity contribution in [2.75, 3.05) is 4.90 Å². The Kier molecular flexibility index (Phi) is 5.63. The van der Waals surface area contributed by atoms with Crippen LogP contribution in [-0.2, 0) is 10.8 Å². The molecule has 0 atom stereocenters. The van der Waals surface area contributed by atoms with Gasteiger partial charge in [-0.25, -0.2) is 0 Å². The van der Waals surface area contributed by atoms with Gasteiger partial charge >= 0.3 is 0 Å². The third-order valence-electron chi connectivity index (χ3n) is 11.5. The summed E-state index contributed by atoms with van der Waals surface area (Å²) in [6, 6.07) is 43.4. The fraction of sp³-hybridized carbons (Fsp3) is 0.174. The first-order valence-electron chi connectivity index (χ1n) is 18.1. The quantitative estimate of drug-likeness (QED) is 0.161. The summed E-state index contributed by atoms with van der Waals surface area (Å²) in [5.74, 6) is 0. The van der Waals surface area contributed by atoms with Gasteiger partial charge in [0, 0.05) is 65.1 Å². The van der Waals surface area contributed by atoms with Gasteiger partial charge in [0.2, 0.25) is 0 Å². The lowest BCUT2D eigenvalue weighted by Gasteiger charge is -2.39. The van der Waals surface area contributed by atoms with Gasteiger partial charge in [-0.2, -0.15) is 0 Å². The first kappa shape index (κ1) is 29.5. The molecule has 0 amide bonds. The molecule has 0 unspecified atom stereocenters. The smallest absolute Gasteiger partial charge is 0.264 e. The molecule has 0 radical (unpaired) electrons. The minimum atomic E-state index is 0.0455. The predicted molar refractivity (Wildman–Crippen MR) is 220 cm³/mol. The van der Waals surface area contributed by atoms with Crippen LogP contribution >= 0.6 is 11.3 Å². The second-order valence-corrected chi connectivity index (χ2v) is 17.7. The van der Waals surface area contributed by atoms with Gasteiger partial charge in [0.1, 0.15) is 11.2 Å². The molecule has 0 bridgehead atoms. The van der Waals surface area contributed by atoms with Crippen molar-refractivity contribution in [1.82, 2.24) is 4.57 Å². The largest absolute Gasteiger partial charge is 0.456 e. The fourth-order valence-electron chi connectivity index (χ4n) is 8.94. The van der Waals surface area contributed by atoms with Crippen molar-refractivity contribution in [2.45, 2.75) is 52.4 Å². The molecular formula is C46H37BN2OS. The van der Waals surface area contributed by atoms with Gasteiger partial charge in [0.25, 0.3) is 6.71 Å². The average Bonchev–Trinajstić information content (AvgIpc) is 3.78. The van der Waals surface area contributed by atoms with Crippen LogP contribution in [0.4, 0.5) is 17.1 Å². The van der Waals surface area contributed by atoms with Crippen LogP contribution in [0.3, 0.4) is 0 Å². The molecule has 0 saturated carbocycles. The molecule has 2 aliphatic heterocycles. The number of benzene rings is 6. The zero-order valence-electron chi connectivity index (χ0n) is 29.8. The normalized spacial score (nSPS) is 14.0. The summed E-state index contributed by atoms with van der Waals surface area (Å²) in [6.45, 7) is 13.9. The maximum Gasteiger partial charge on any atom is 0.264 e. The Morgan fingerprint density at radius 1 is 0.588 bits per heavy atom. The number of anilines is 3. The summed E-state index contributed by atoms with van der Waals surface area (Å²) in [7, 11) is 0. The number of aromatic nitrogens is 1. The Balaban J connectivity index is 1.26. The van der Waals surface area contributed by atoms with Crippen LogP contribution in [0.1, 0.15) is 52.7 Å². The molecule has 0 spiro atoms. The van der Waals surface area contributed by atoms with Crippen molar-refractivity contribution in [2.24, 2.45) is 0 Å². The molecule has 11 rings (SSSR count). The van der Waals surface area contributed by atoms with E-state index in [1.54, 1.807) is 0 Å². The maximum atomic E-state index is 6.47. The lowest BCUT2D eigenvalue weighted by Crippen LogP contribution is -2.59. The topological polar surface area (TPSA) is 21.3 Å². The van der Waals surface area contributed by atoms with Crippen molar-refractivity contribution in [3.63, 3.8) is 0 Å². The second-order valence-electron chi connectivity index (χ2n) is 16.6. The maximum absolute atomic E-state index is 6.47. The Bertz CT molecular complexity index is 2950. The molecule has 0 fully saturated rings. The van der Waals surface area contributed by atoms with E-state index in [4.69, 9.17) is 4.42 Å². The van der Waals surface area contributed by atoms with E-state index < -0.39 is 0 Å². The van der Waals surface area contributed by atoms with E-state index in [1.165, 1.54) is 86.9 Å². The second kappa shape index (κ2) is 9.74. The SMILES string of the molecule is CC(C)(C)c1ccc(N2c3cccc4c3B(c3sc5ccc(C(C)(C)C)cc5c32)c2cccc3c5cc6c(cc5n-4c23)oc2ccccc26)cc1. The third kappa shape index (κ3) is 3.90. The van der Waals surface area contributed by atoms with Gasteiger partial charge in [-0.15, -0.1) is 11.3 Å². The Morgan fingerprint density at radius 3 is 2.12 bits per heavy atom. The summed E-state index contributed by atoms with van der Waals surface area (Å²) >= 11 is 1.97. The number of hydrogen-bond acceptors (Lipinski definition) is 3. The van der Waals surface area contributed by atoms with Crippen molar-refractivity contribution in [3.8, 4) is 5.69 Å². The van der Waals surface area contributed by atoms with E-state index in [9.17, 15) is 0 Å². The van der Waals surface area contributed by atoms with Gasteiger partial charge in [0.05, 0.1) is 11.2 Å². The van der Waals surface area contributed by atoms with Gasteiger partial charge < -0.3 is 13.9 Å². The van der Waals surface area contributed by atoms with E-state index in [2.05, 4.69) is 166 Å². The molecule has 3 aromatic heterocycles. The molecule has 9 aromatic rings. The van der Waals surface area contributed by atoms with Crippen molar-refractivity contribution >= 4 is 105 Å². The highest BCUT2D eigenvalue weighted by Crippen LogP contribution is 2.47. The number of thiophene rings is 1. The minimum Gasteiger partial charge on any atom is -0.456 e. The van der Waals surface area contributed by atoms with E-state index in [1.807, 2.05) is 11.3 Å². The van der Waals surface area contributed by atoms with Gasteiger partial charge in [-0.05, 0) is 81.4 Å². The number of para-hydroxylation sites is 2. The van der Waals surface area contributed by atoms with Crippen LogP contribution < -0.4 is 20.6 Å². The van der Waals surface area contributed by atoms with Crippen LogP contribution in [-0.4, -0.2) is 11.3 Å². The van der Waals surface area contributed by atoms with Gasteiger partial charge in [-0.3, -0.25) is 0 Å². The van der Waals surface area contributed by atoms with Crippen LogP contribution in [0.25, 0.3) is 59.5 Å². The van der Waals surface area contributed by atoms with Crippen LogP contribution in [0, 0.1) is 0 Å². The molecule has 3 nitrogen and oxygen atoms in total. The Morgan fingerprint density at radius 2 is 1.31 bits per heavy atom. The number of rotatable bonds is 1. The minimum absolute atomic E-state index is 0.0455. The molecule has 5 heteroatoms. The van der Waals surface area contributed by atoms with Crippen LogP contribution in [0.15, 0.2) is 120 Å². The fourth-order valence-corrected chi connectivity index (χ4v) is 10.2. The number of furan rings is 1. The lowest BCUT2D eigenvalue weighted by atomic mass is 9.36. The zero-order valence-corrected chi connectivity index (χ0v) is 30.6. The van der Waals surface area contributed by atoms with Crippen molar-refractivity contribution < 1.29 is 4.42 Å². The first-order valence-corrected chi connectivity index (χ1v) is 18.9. The third-order valence-corrected chi connectivity index (χ3v) is 12.7. The standard InChI is InChI=1S/C46H37BN2OS/c1-45(2,3)26-17-20-28(21-18-26)48-35-14-10-15-36-41(35)47(44-43(48)33-23-27(46(4,5)6)19-22-40(33)51-44)34-13-9-12-30-31-24-32-29-11-7-8-16-38(29)50-39(32)25-37(31)49(36)42(30)34/h7-25H,1-6H3. The highest BCUT2D eigenvalue weighted by Gasteiger charge is 2.44. The highest BCUT2D eigenvalue weighted by atomic mass is 32.1. The lowest BCUT2D eigenvalue weighted by molar-refractivity contribution is 0.590. The Labute approximate surface area is 301 Å². The number of fused-ring (bicyclic) bond motifs is 12. The molecule has 0 N–H and O–H groups in total. The first-order chi connectivity index (χ1) is 24.6. The summed E-state index contributed by atoms with van der Waals surface area (Å²) in [5, 5.41) is 6.23. The molecular weight excluding hydrogens is 639 g/mol. The average molecular weight is 677 g/mol. The van der Waals surface area contributed by atoms with Crippen molar-refractivity contribution in [3.05, 3.63) is 126 Å². The molecule has 0 aliphatic carbocycles. The van der Waals surface area contributed by atoms with Crippen molar-refractivity contribution in [1.29, 1.82) is 0 Å². The molecule has 51 heavy (non-hydrogen) atoms. The Hall–Kier alpha value is -5.26. The summed E-state index contributed by atoms with van der Waals surface area (Å²) in [6.07, 6.45) is 0. The molecule has 2 aliphatic rings. The van der Waals surface area contributed by atoms with Gasteiger partial charge in [-0.1, -0.05) is 102 Å². The van der Waals surface area contributed by atoms with E-state index in [0.717, 1.165) is 16.6 Å². The molecule has 6 aromatic carbocycles. The van der Waals surface area contributed by atoms with Crippen LogP contribution in [0.5, 0.6) is 0 Å². The molecule has 5 heterocycles. The van der Waals surface area contributed by atoms with E-state index in [-0.39, 0.29) is 17.5 Å². The summed E-state index contributed by atoms with van der Waals surface area (Å²) in [4.78, 5) is 2.57. The van der Waals surface area contributed by atoms with E-state index >= 15 is 0 Å². The van der Waals surface area contributed by atoms with Crippen LogP contribution in [0.2, 0.25) is 0 Å². The number of hydrogen-bond donors (Lipinski definition) is 0.